The Balaban J connectivity index is 1.39. The van der Waals surface area contributed by atoms with E-state index in [1.807, 2.05) is 37.5 Å². The molecule has 1 fully saturated rings. The van der Waals surface area contributed by atoms with Crippen molar-refractivity contribution >= 4 is 29.0 Å². The van der Waals surface area contributed by atoms with Gasteiger partial charge in [0.1, 0.15) is 17.3 Å². The minimum atomic E-state index is -0.291. The van der Waals surface area contributed by atoms with E-state index in [1.54, 1.807) is 21.2 Å². The zero-order chi connectivity index (χ0) is 18.8. The van der Waals surface area contributed by atoms with Gasteiger partial charge in [0.15, 0.2) is 0 Å². The van der Waals surface area contributed by atoms with Crippen LogP contribution >= 0.6 is 11.3 Å². The molecule has 9 heteroatoms. The van der Waals surface area contributed by atoms with Crippen LogP contribution < -0.4 is 5.32 Å². The normalized spacial score (nSPS) is 13.7. The first-order valence-electron chi connectivity index (χ1n) is 8.35. The van der Waals surface area contributed by atoms with Crippen molar-refractivity contribution < 1.29 is 14.3 Å². The number of thiazole rings is 1. The number of aromatic nitrogens is 3. The number of carbonyl (C=O) groups is 2. The van der Waals surface area contributed by atoms with Crippen LogP contribution in [0.5, 0.6) is 0 Å². The van der Waals surface area contributed by atoms with Crippen LogP contribution in [-0.2, 0) is 18.3 Å². The molecule has 0 radical (unpaired) electrons. The van der Waals surface area contributed by atoms with Crippen molar-refractivity contribution in [3.8, 4) is 10.6 Å². The Morgan fingerprint density at radius 1 is 1.33 bits per heavy atom. The third-order valence-corrected chi connectivity index (χ3v) is 5.01. The Bertz CT molecular complexity index is 979. The summed E-state index contributed by atoms with van der Waals surface area (Å²) in [6, 6.07) is 7.37. The third-order valence-electron chi connectivity index (χ3n) is 4.12. The van der Waals surface area contributed by atoms with Crippen molar-refractivity contribution in [3.05, 3.63) is 53.3 Å². The highest BCUT2D eigenvalue weighted by Gasteiger charge is 2.21. The fourth-order valence-corrected chi connectivity index (χ4v) is 3.50. The van der Waals surface area contributed by atoms with Crippen molar-refractivity contribution in [2.45, 2.75) is 6.54 Å². The summed E-state index contributed by atoms with van der Waals surface area (Å²) in [7, 11) is 1.83. The molecule has 1 saturated heterocycles. The third kappa shape index (κ3) is 3.82. The second kappa shape index (κ2) is 7.20. The fraction of sp³-hybridized carbons (Fsp3) is 0.222. The van der Waals surface area contributed by atoms with Crippen molar-refractivity contribution in [2.75, 3.05) is 18.5 Å². The number of hydrogen-bond acceptors (Lipinski definition) is 6. The van der Waals surface area contributed by atoms with E-state index in [9.17, 15) is 9.59 Å². The Morgan fingerprint density at radius 3 is 2.81 bits per heavy atom. The fourth-order valence-electron chi connectivity index (χ4n) is 2.72. The summed E-state index contributed by atoms with van der Waals surface area (Å²) < 4.78 is 6.61. The molecule has 1 aromatic carbocycles. The summed E-state index contributed by atoms with van der Waals surface area (Å²) in [6.07, 6.45) is 3.28. The lowest BCUT2D eigenvalue weighted by Crippen LogP contribution is -2.23. The summed E-state index contributed by atoms with van der Waals surface area (Å²) in [5, 5.41) is 9.43. The van der Waals surface area contributed by atoms with Crippen LogP contribution in [0, 0.1) is 0 Å². The average molecular weight is 383 g/mol. The van der Waals surface area contributed by atoms with Gasteiger partial charge >= 0.3 is 6.09 Å². The van der Waals surface area contributed by atoms with Gasteiger partial charge in [-0.25, -0.2) is 9.78 Å². The number of nitrogens with one attached hydrogen (secondary N) is 1. The predicted octanol–water partition coefficient (Wildman–Crippen LogP) is 2.75. The van der Waals surface area contributed by atoms with Crippen LogP contribution in [0.2, 0.25) is 0 Å². The number of cyclic esters (lactones) is 1. The van der Waals surface area contributed by atoms with E-state index in [0.29, 0.717) is 31.1 Å². The molecule has 0 aliphatic carbocycles. The largest absolute Gasteiger partial charge is 0.448 e. The van der Waals surface area contributed by atoms with Gasteiger partial charge in [0.2, 0.25) is 0 Å². The van der Waals surface area contributed by atoms with Crippen LogP contribution in [-0.4, -0.2) is 44.8 Å². The highest BCUT2D eigenvalue weighted by Crippen LogP contribution is 2.23. The van der Waals surface area contributed by atoms with Gasteiger partial charge in [0.05, 0.1) is 12.7 Å². The van der Waals surface area contributed by atoms with Gasteiger partial charge in [-0.3, -0.25) is 9.48 Å². The topological polar surface area (TPSA) is 89.4 Å². The molecule has 0 atom stereocenters. The summed E-state index contributed by atoms with van der Waals surface area (Å²) in [5.74, 6) is -0.266. The summed E-state index contributed by atoms with van der Waals surface area (Å²) in [5.41, 5.74) is 2.89. The molecule has 2 amide bonds. The van der Waals surface area contributed by atoms with Crippen molar-refractivity contribution in [1.82, 2.24) is 19.7 Å². The number of rotatable bonds is 5. The number of amides is 2. The monoisotopic (exact) mass is 383 g/mol. The summed E-state index contributed by atoms with van der Waals surface area (Å²) in [6.45, 7) is 1.52. The number of benzene rings is 1. The van der Waals surface area contributed by atoms with E-state index < -0.39 is 0 Å². The number of ether oxygens (including phenoxy) is 1. The lowest BCUT2D eigenvalue weighted by Gasteiger charge is -2.12. The molecule has 1 aliphatic rings. The van der Waals surface area contributed by atoms with Crippen LogP contribution in [0.1, 0.15) is 16.1 Å². The zero-order valence-corrected chi connectivity index (χ0v) is 15.4. The smallest absolute Gasteiger partial charge is 0.410 e. The molecule has 8 nitrogen and oxygen atoms in total. The molecular formula is C18H17N5O3S. The number of aryl methyl sites for hydroxylation is 1. The number of nitrogens with zero attached hydrogens (tertiary/aromatic N) is 4. The molecule has 0 spiro atoms. The number of carbonyl (C=O) groups excluding carboxylic acids is 2. The zero-order valence-electron chi connectivity index (χ0n) is 14.6. The van der Waals surface area contributed by atoms with Crippen LogP contribution in [0.25, 0.3) is 10.6 Å². The molecule has 3 heterocycles. The molecule has 3 aromatic rings. The maximum Gasteiger partial charge on any atom is 0.410 e. The van der Waals surface area contributed by atoms with Gasteiger partial charge in [-0.05, 0) is 17.7 Å². The minimum Gasteiger partial charge on any atom is -0.448 e. The van der Waals surface area contributed by atoms with Crippen LogP contribution in [0.4, 0.5) is 10.5 Å². The molecule has 0 saturated carbocycles. The SMILES string of the molecule is Cn1cc(-c2nc(C(=O)Nc3ccc(CN4CCOC4=O)cc3)cs2)cn1. The quantitative estimate of drug-likeness (QED) is 0.732. The van der Waals surface area contributed by atoms with E-state index >= 15 is 0 Å². The highest BCUT2D eigenvalue weighted by atomic mass is 32.1. The van der Waals surface area contributed by atoms with Crippen LogP contribution in [0.3, 0.4) is 0 Å². The lowest BCUT2D eigenvalue weighted by atomic mass is 10.2. The number of anilines is 1. The first-order valence-corrected chi connectivity index (χ1v) is 9.23. The van der Waals surface area contributed by atoms with Crippen LogP contribution in [0.15, 0.2) is 42.0 Å². The van der Waals surface area contributed by atoms with Gasteiger partial charge in [-0.2, -0.15) is 5.10 Å². The number of hydrogen-bond donors (Lipinski definition) is 1. The van der Waals surface area contributed by atoms with E-state index in [-0.39, 0.29) is 12.0 Å². The van der Waals surface area contributed by atoms with Gasteiger partial charge in [-0.1, -0.05) is 12.1 Å². The highest BCUT2D eigenvalue weighted by molar-refractivity contribution is 7.13. The Hall–Kier alpha value is -3.20. The Morgan fingerprint density at radius 2 is 2.15 bits per heavy atom. The maximum absolute atomic E-state index is 12.4. The predicted molar refractivity (Wildman–Crippen MR) is 100 cm³/mol. The lowest BCUT2D eigenvalue weighted by molar-refractivity contribution is 0.102. The first kappa shape index (κ1) is 17.2. The van der Waals surface area contributed by atoms with Gasteiger partial charge in [0.25, 0.3) is 5.91 Å². The standard InChI is InChI=1S/C18H17N5O3S/c1-22-10-13(8-19-22)17-21-15(11-27-17)16(24)20-14-4-2-12(3-5-14)9-23-6-7-26-18(23)25/h2-5,8,10-11H,6-7,9H2,1H3,(H,20,24). The summed E-state index contributed by atoms with van der Waals surface area (Å²) in [4.78, 5) is 29.9. The molecule has 4 rings (SSSR count). The van der Waals surface area contributed by atoms with Crippen molar-refractivity contribution in [1.29, 1.82) is 0 Å². The molecule has 2 aromatic heterocycles. The Labute approximate surface area is 159 Å². The molecule has 138 valence electrons. The van der Waals surface area contributed by atoms with Gasteiger partial charge in [0, 0.05) is 36.4 Å². The second-order valence-corrected chi connectivity index (χ2v) is 6.99. The average Bonchev–Trinajstić information content (AvgIpc) is 3.38. The van der Waals surface area contributed by atoms with Crippen molar-refractivity contribution in [3.63, 3.8) is 0 Å². The molecule has 27 heavy (non-hydrogen) atoms. The molecular weight excluding hydrogens is 366 g/mol. The van der Waals surface area contributed by atoms with E-state index in [4.69, 9.17) is 4.74 Å². The van der Waals surface area contributed by atoms with Crippen molar-refractivity contribution in [2.24, 2.45) is 7.05 Å². The van der Waals surface area contributed by atoms with Gasteiger partial charge < -0.3 is 15.0 Å². The molecule has 1 aliphatic heterocycles. The molecule has 0 unspecified atom stereocenters. The first-order chi connectivity index (χ1) is 13.1. The maximum atomic E-state index is 12.4. The second-order valence-electron chi connectivity index (χ2n) is 6.13. The van der Waals surface area contributed by atoms with E-state index in [2.05, 4.69) is 15.4 Å². The molecule has 1 N–H and O–H groups in total. The van der Waals surface area contributed by atoms with E-state index in [0.717, 1.165) is 16.1 Å². The Kier molecular flexibility index (Phi) is 4.59. The van der Waals surface area contributed by atoms with Gasteiger partial charge in [-0.15, -0.1) is 11.3 Å². The summed E-state index contributed by atoms with van der Waals surface area (Å²) >= 11 is 1.40. The minimum absolute atomic E-state index is 0.266. The van der Waals surface area contributed by atoms with E-state index in [1.165, 1.54) is 11.3 Å². The molecule has 0 bridgehead atoms.